The number of hydrogen-bond donors (Lipinski definition) is 0. The molecule has 3 rings (SSSR count). The molecule has 2 aliphatic heterocycles. The van der Waals surface area contributed by atoms with Gasteiger partial charge in [-0.05, 0) is 61.8 Å². The van der Waals surface area contributed by atoms with Crippen LogP contribution in [0.1, 0.15) is 57.7 Å². The number of amides is 1. The first kappa shape index (κ1) is 17.3. The van der Waals surface area contributed by atoms with E-state index in [9.17, 15) is 4.79 Å². The Bertz CT molecular complexity index is 615. The highest BCUT2D eigenvalue weighted by molar-refractivity contribution is 5.82. The topological polar surface area (TPSA) is 38.8 Å². The fourth-order valence-corrected chi connectivity index (χ4v) is 4.01. The maximum atomic E-state index is 13.1. The first-order valence-corrected chi connectivity index (χ1v) is 8.93. The lowest BCUT2D eigenvalue weighted by Gasteiger charge is -2.43. The number of methoxy groups -OCH3 is 1. The SMILES string of the molecule is COc1ccc2c(c1)CC(C)N(C(=O)C1CCC(C)(C)CO1)C2C. The second-order valence-electron chi connectivity index (χ2n) is 8.04. The summed E-state index contributed by atoms with van der Waals surface area (Å²) in [6.45, 7) is 9.30. The summed E-state index contributed by atoms with van der Waals surface area (Å²) in [5.74, 6) is 1.03. The molecule has 4 nitrogen and oxygen atoms in total. The van der Waals surface area contributed by atoms with Crippen LogP contribution in [-0.4, -0.2) is 36.7 Å². The highest BCUT2D eigenvalue weighted by Crippen LogP contribution is 2.37. The number of hydrogen-bond acceptors (Lipinski definition) is 3. The number of carbonyl (C=O) groups is 1. The lowest BCUT2D eigenvalue weighted by Crippen LogP contribution is -2.51. The minimum atomic E-state index is -0.289. The largest absolute Gasteiger partial charge is 0.497 e. The van der Waals surface area contributed by atoms with Gasteiger partial charge in [-0.2, -0.15) is 0 Å². The summed E-state index contributed by atoms with van der Waals surface area (Å²) in [6, 6.07) is 6.42. The van der Waals surface area contributed by atoms with E-state index < -0.39 is 0 Å². The number of nitrogens with zero attached hydrogens (tertiary/aromatic N) is 1. The van der Waals surface area contributed by atoms with Crippen molar-refractivity contribution in [1.82, 2.24) is 4.90 Å². The van der Waals surface area contributed by atoms with Crippen molar-refractivity contribution in [1.29, 1.82) is 0 Å². The molecule has 0 radical (unpaired) electrons. The number of ether oxygens (including phenoxy) is 2. The first-order valence-electron chi connectivity index (χ1n) is 8.93. The third kappa shape index (κ3) is 3.16. The Balaban J connectivity index is 1.79. The quantitative estimate of drug-likeness (QED) is 0.829. The first-order chi connectivity index (χ1) is 11.3. The van der Waals surface area contributed by atoms with Gasteiger partial charge in [0, 0.05) is 6.04 Å². The Morgan fingerprint density at radius 3 is 2.71 bits per heavy atom. The molecule has 2 heterocycles. The highest BCUT2D eigenvalue weighted by atomic mass is 16.5. The number of carbonyl (C=O) groups excluding carboxylic acids is 1. The van der Waals surface area contributed by atoms with Crippen LogP contribution < -0.4 is 4.74 Å². The fourth-order valence-electron chi connectivity index (χ4n) is 4.01. The molecule has 1 saturated heterocycles. The summed E-state index contributed by atoms with van der Waals surface area (Å²) >= 11 is 0. The van der Waals surface area contributed by atoms with Crippen molar-refractivity contribution in [2.45, 2.75) is 65.1 Å². The Kier molecular flexibility index (Phi) is 4.60. The summed E-state index contributed by atoms with van der Waals surface area (Å²) in [5, 5.41) is 0. The van der Waals surface area contributed by atoms with Gasteiger partial charge in [0.15, 0.2) is 0 Å². The van der Waals surface area contributed by atoms with Crippen molar-refractivity contribution < 1.29 is 14.3 Å². The van der Waals surface area contributed by atoms with E-state index in [0.717, 1.165) is 25.0 Å². The van der Waals surface area contributed by atoms with Gasteiger partial charge in [-0.15, -0.1) is 0 Å². The summed E-state index contributed by atoms with van der Waals surface area (Å²) < 4.78 is 11.3. The van der Waals surface area contributed by atoms with Gasteiger partial charge < -0.3 is 14.4 Å². The standard InChI is InChI=1S/C20H29NO3/c1-13-10-15-11-16(23-5)6-7-17(15)14(2)21(13)19(22)18-8-9-20(3,4)12-24-18/h6-7,11,13-14,18H,8-10,12H2,1-5H3. The van der Waals surface area contributed by atoms with Crippen LogP contribution in [0.5, 0.6) is 5.75 Å². The predicted molar refractivity (Wildman–Crippen MR) is 94.2 cm³/mol. The van der Waals surface area contributed by atoms with Crippen molar-refractivity contribution in [2.75, 3.05) is 13.7 Å². The van der Waals surface area contributed by atoms with Crippen LogP contribution in [0.2, 0.25) is 0 Å². The van der Waals surface area contributed by atoms with Gasteiger partial charge in [-0.1, -0.05) is 19.9 Å². The van der Waals surface area contributed by atoms with Gasteiger partial charge in [0.05, 0.1) is 19.8 Å². The molecule has 4 heteroatoms. The van der Waals surface area contributed by atoms with Crippen LogP contribution in [0.15, 0.2) is 18.2 Å². The number of rotatable bonds is 2. The molecule has 0 saturated carbocycles. The Morgan fingerprint density at radius 1 is 1.33 bits per heavy atom. The maximum absolute atomic E-state index is 13.1. The Morgan fingerprint density at radius 2 is 2.08 bits per heavy atom. The van der Waals surface area contributed by atoms with Crippen molar-refractivity contribution in [2.24, 2.45) is 5.41 Å². The molecule has 132 valence electrons. The van der Waals surface area contributed by atoms with E-state index in [-0.39, 0.29) is 29.5 Å². The van der Waals surface area contributed by atoms with E-state index in [1.54, 1.807) is 7.11 Å². The van der Waals surface area contributed by atoms with E-state index in [2.05, 4.69) is 39.8 Å². The average molecular weight is 331 g/mol. The van der Waals surface area contributed by atoms with Crippen LogP contribution in [-0.2, 0) is 16.0 Å². The smallest absolute Gasteiger partial charge is 0.252 e. The molecule has 0 aromatic heterocycles. The van der Waals surface area contributed by atoms with Gasteiger partial charge in [-0.3, -0.25) is 4.79 Å². The van der Waals surface area contributed by atoms with E-state index in [1.807, 2.05) is 11.0 Å². The molecule has 1 aromatic rings. The van der Waals surface area contributed by atoms with E-state index in [1.165, 1.54) is 11.1 Å². The molecule has 0 bridgehead atoms. The lowest BCUT2D eigenvalue weighted by atomic mass is 9.84. The molecular formula is C20H29NO3. The van der Waals surface area contributed by atoms with Crippen LogP contribution in [0.3, 0.4) is 0 Å². The van der Waals surface area contributed by atoms with E-state index in [4.69, 9.17) is 9.47 Å². The summed E-state index contributed by atoms with van der Waals surface area (Å²) in [4.78, 5) is 15.1. The van der Waals surface area contributed by atoms with Crippen LogP contribution in [0.25, 0.3) is 0 Å². The van der Waals surface area contributed by atoms with E-state index >= 15 is 0 Å². The molecule has 3 atom stereocenters. The zero-order chi connectivity index (χ0) is 17.5. The monoisotopic (exact) mass is 331 g/mol. The fraction of sp³-hybridized carbons (Fsp3) is 0.650. The highest BCUT2D eigenvalue weighted by Gasteiger charge is 2.39. The molecule has 24 heavy (non-hydrogen) atoms. The summed E-state index contributed by atoms with van der Waals surface area (Å²) in [6.07, 6.45) is 2.43. The van der Waals surface area contributed by atoms with Crippen molar-refractivity contribution in [3.63, 3.8) is 0 Å². The zero-order valence-electron chi connectivity index (χ0n) is 15.5. The Labute approximate surface area is 145 Å². The van der Waals surface area contributed by atoms with Gasteiger partial charge in [-0.25, -0.2) is 0 Å². The molecule has 1 amide bonds. The van der Waals surface area contributed by atoms with Gasteiger partial charge in [0.1, 0.15) is 11.9 Å². The molecule has 1 fully saturated rings. The van der Waals surface area contributed by atoms with Gasteiger partial charge >= 0.3 is 0 Å². The maximum Gasteiger partial charge on any atom is 0.252 e. The van der Waals surface area contributed by atoms with Crippen LogP contribution in [0.4, 0.5) is 0 Å². The zero-order valence-corrected chi connectivity index (χ0v) is 15.5. The van der Waals surface area contributed by atoms with Crippen LogP contribution >= 0.6 is 0 Å². The average Bonchev–Trinajstić information content (AvgIpc) is 2.54. The molecule has 0 aliphatic carbocycles. The third-order valence-electron chi connectivity index (χ3n) is 5.50. The lowest BCUT2D eigenvalue weighted by molar-refractivity contribution is -0.156. The van der Waals surface area contributed by atoms with Gasteiger partial charge in [0.2, 0.25) is 0 Å². The number of benzene rings is 1. The minimum Gasteiger partial charge on any atom is -0.497 e. The third-order valence-corrected chi connectivity index (χ3v) is 5.50. The molecule has 3 unspecified atom stereocenters. The Hall–Kier alpha value is -1.55. The van der Waals surface area contributed by atoms with E-state index in [0.29, 0.717) is 6.61 Å². The van der Waals surface area contributed by atoms with Crippen molar-refractivity contribution in [3.05, 3.63) is 29.3 Å². The molecule has 1 aromatic carbocycles. The summed E-state index contributed by atoms with van der Waals surface area (Å²) in [7, 11) is 1.69. The molecule has 0 spiro atoms. The van der Waals surface area contributed by atoms with Crippen LogP contribution in [0, 0.1) is 5.41 Å². The molecule has 2 aliphatic rings. The van der Waals surface area contributed by atoms with Crippen molar-refractivity contribution in [3.8, 4) is 5.75 Å². The van der Waals surface area contributed by atoms with Gasteiger partial charge in [0.25, 0.3) is 5.91 Å². The summed E-state index contributed by atoms with van der Waals surface area (Å²) in [5.41, 5.74) is 2.68. The molecular weight excluding hydrogens is 302 g/mol. The second-order valence-corrected chi connectivity index (χ2v) is 8.04. The van der Waals surface area contributed by atoms with Crippen molar-refractivity contribution >= 4 is 5.91 Å². The molecule has 0 N–H and O–H groups in total. The second kappa shape index (κ2) is 6.40. The predicted octanol–water partition coefficient (Wildman–Crippen LogP) is 3.73. The normalized spacial score (nSPS) is 29.0. The minimum absolute atomic E-state index is 0.0701. The number of fused-ring (bicyclic) bond motifs is 1.